The first-order valence-corrected chi connectivity index (χ1v) is 5.76. The smallest absolute Gasteiger partial charge is 0.328 e. The maximum atomic E-state index is 11.3. The number of amides is 3. The van der Waals surface area contributed by atoms with E-state index >= 15 is 0 Å². The highest BCUT2D eigenvalue weighted by Crippen LogP contribution is 2.10. The molecule has 0 fully saturated rings. The van der Waals surface area contributed by atoms with Gasteiger partial charge in [-0.3, -0.25) is 10.1 Å². The second-order valence-electron chi connectivity index (χ2n) is 3.20. The molecule has 1 aromatic rings. The maximum absolute atomic E-state index is 11.3. The zero-order valence-corrected chi connectivity index (χ0v) is 10.3. The van der Waals surface area contributed by atoms with Crippen molar-refractivity contribution >= 4 is 29.2 Å². The number of carboxylic acid groups (broad SMARTS) is 1. The number of nitrogens with one attached hydrogen (secondary N) is 2. The number of thiazole rings is 1. The molecular formula is C10H11N3O4S. The molecule has 0 radical (unpaired) electrons. The predicted octanol–water partition coefficient (Wildman–Crippen LogP) is 0.418. The second-order valence-corrected chi connectivity index (χ2v) is 4.14. The molecule has 1 rings (SSSR count). The molecule has 0 aliphatic heterocycles. The minimum Gasteiger partial charge on any atom is -0.478 e. The van der Waals surface area contributed by atoms with Gasteiger partial charge in [-0.05, 0) is 6.92 Å². The van der Waals surface area contributed by atoms with Crippen LogP contribution >= 0.6 is 11.3 Å². The van der Waals surface area contributed by atoms with Crippen molar-refractivity contribution in [2.45, 2.75) is 13.5 Å². The van der Waals surface area contributed by atoms with Crippen molar-refractivity contribution in [1.29, 1.82) is 0 Å². The molecule has 0 aliphatic rings. The number of aliphatic carboxylic acids is 1. The largest absolute Gasteiger partial charge is 0.478 e. The number of hydrogen-bond donors (Lipinski definition) is 3. The number of nitrogens with zero attached hydrogens (tertiary/aromatic N) is 1. The van der Waals surface area contributed by atoms with Crippen LogP contribution in [0.4, 0.5) is 4.79 Å². The number of carbonyl (C=O) groups excluding carboxylic acids is 2. The molecule has 18 heavy (non-hydrogen) atoms. The van der Waals surface area contributed by atoms with Gasteiger partial charge in [0.25, 0.3) is 5.91 Å². The van der Waals surface area contributed by atoms with Crippen molar-refractivity contribution in [3.63, 3.8) is 0 Å². The molecule has 1 heterocycles. The Kier molecular flexibility index (Phi) is 5.00. The van der Waals surface area contributed by atoms with Gasteiger partial charge in [0.15, 0.2) is 0 Å². The third-order valence-corrected chi connectivity index (χ3v) is 2.80. The highest BCUT2D eigenvalue weighted by atomic mass is 32.1. The van der Waals surface area contributed by atoms with Gasteiger partial charge in [0.05, 0.1) is 17.7 Å². The lowest BCUT2D eigenvalue weighted by atomic mass is 10.4. The zero-order chi connectivity index (χ0) is 13.5. The maximum Gasteiger partial charge on any atom is 0.328 e. The van der Waals surface area contributed by atoms with Gasteiger partial charge in [-0.15, -0.1) is 11.3 Å². The minimum atomic E-state index is -1.26. The normalized spacial score (nSPS) is 10.3. The average Bonchev–Trinajstić information content (AvgIpc) is 2.69. The summed E-state index contributed by atoms with van der Waals surface area (Å²) < 4.78 is 0. The van der Waals surface area contributed by atoms with Crippen LogP contribution in [0.1, 0.15) is 10.6 Å². The van der Waals surface area contributed by atoms with Crippen LogP contribution in [0.15, 0.2) is 17.7 Å². The van der Waals surface area contributed by atoms with E-state index in [0.717, 1.165) is 16.6 Å². The fourth-order valence-corrected chi connectivity index (χ4v) is 1.72. The van der Waals surface area contributed by atoms with Gasteiger partial charge in [-0.25, -0.2) is 14.6 Å². The van der Waals surface area contributed by atoms with Gasteiger partial charge in [0.1, 0.15) is 0 Å². The van der Waals surface area contributed by atoms with E-state index in [1.807, 2.05) is 12.2 Å². The summed E-state index contributed by atoms with van der Waals surface area (Å²) >= 11 is 1.39. The fraction of sp³-hybridized carbons (Fsp3) is 0.200. The first-order chi connectivity index (χ1) is 8.49. The Bertz CT molecular complexity index is 495. The van der Waals surface area contributed by atoms with E-state index in [0.29, 0.717) is 6.08 Å². The number of hydrogen-bond acceptors (Lipinski definition) is 5. The van der Waals surface area contributed by atoms with E-state index in [4.69, 9.17) is 5.11 Å². The number of carbonyl (C=O) groups is 3. The van der Waals surface area contributed by atoms with E-state index in [1.54, 1.807) is 5.51 Å². The first-order valence-electron chi connectivity index (χ1n) is 4.88. The van der Waals surface area contributed by atoms with Gasteiger partial charge < -0.3 is 10.4 Å². The number of aromatic nitrogens is 1. The van der Waals surface area contributed by atoms with E-state index in [-0.39, 0.29) is 6.54 Å². The van der Waals surface area contributed by atoms with E-state index < -0.39 is 17.9 Å². The SMILES string of the molecule is Cc1ncsc1CNC(=O)NC(=O)C=CC(=O)O. The van der Waals surface area contributed by atoms with Gasteiger partial charge in [-0.2, -0.15) is 0 Å². The number of aryl methyl sites for hydroxylation is 1. The Labute approximate surface area is 107 Å². The Morgan fingerprint density at radius 2 is 2.17 bits per heavy atom. The number of urea groups is 1. The molecular weight excluding hydrogens is 258 g/mol. The lowest BCUT2D eigenvalue weighted by Gasteiger charge is -2.03. The monoisotopic (exact) mass is 269 g/mol. The molecule has 0 aliphatic carbocycles. The van der Waals surface area contributed by atoms with Crippen LogP contribution in [0.2, 0.25) is 0 Å². The Balaban J connectivity index is 2.36. The van der Waals surface area contributed by atoms with Crippen LogP contribution in [-0.4, -0.2) is 28.0 Å². The zero-order valence-electron chi connectivity index (χ0n) is 9.47. The molecule has 0 saturated carbocycles. The van der Waals surface area contributed by atoms with Crippen molar-refractivity contribution in [1.82, 2.24) is 15.6 Å². The van der Waals surface area contributed by atoms with E-state index in [2.05, 4.69) is 10.3 Å². The van der Waals surface area contributed by atoms with Gasteiger partial charge in [0, 0.05) is 17.0 Å². The van der Waals surface area contributed by atoms with Crippen molar-refractivity contribution < 1.29 is 19.5 Å². The predicted molar refractivity (Wildman–Crippen MR) is 64.0 cm³/mol. The fourth-order valence-electron chi connectivity index (χ4n) is 1.00. The average molecular weight is 269 g/mol. The third kappa shape index (κ3) is 4.74. The summed E-state index contributed by atoms with van der Waals surface area (Å²) in [5.41, 5.74) is 2.47. The summed E-state index contributed by atoms with van der Waals surface area (Å²) in [4.78, 5) is 37.3. The minimum absolute atomic E-state index is 0.262. The standard InChI is InChI=1S/C10H11N3O4S/c1-6-7(18-5-12-6)4-11-10(17)13-8(14)2-3-9(15)16/h2-3,5H,4H2,1H3,(H,15,16)(H2,11,13,14,17). The van der Waals surface area contributed by atoms with Crippen LogP contribution in [0.3, 0.4) is 0 Å². The summed E-state index contributed by atoms with van der Waals surface area (Å²) in [6, 6.07) is -0.692. The van der Waals surface area contributed by atoms with E-state index in [1.165, 1.54) is 11.3 Å². The molecule has 3 N–H and O–H groups in total. The highest BCUT2D eigenvalue weighted by molar-refractivity contribution is 7.09. The first kappa shape index (κ1) is 13.8. The second kappa shape index (κ2) is 6.50. The van der Waals surface area contributed by atoms with Crippen LogP contribution < -0.4 is 10.6 Å². The molecule has 0 unspecified atom stereocenters. The lowest BCUT2D eigenvalue weighted by molar-refractivity contribution is -0.131. The van der Waals surface area contributed by atoms with Crippen LogP contribution in [0.25, 0.3) is 0 Å². The Morgan fingerprint density at radius 1 is 1.44 bits per heavy atom. The molecule has 3 amide bonds. The number of carboxylic acids is 1. The number of imide groups is 1. The Hall–Kier alpha value is -2.22. The topological polar surface area (TPSA) is 108 Å². The molecule has 0 aromatic carbocycles. The number of rotatable bonds is 4. The van der Waals surface area contributed by atoms with Gasteiger partial charge >= 0.3 is 12.0 Å². The van der Waals surface area contributed by atoms with Crippen LogP contribution in [0, 0.1) is 6.92 Å². The summed E-state index contributed by atoms with van der Waals surface area (Å²) in [5, 5.41) is 12.7. The van der Waals surface area contributed by atoms with Gasteiger partial charge in [-0.1, -0.05) is 0 Å². The van der Waals surface area contributed by atoms with E-state index in [9.17, 15) is 14.4 Å². The molecule has 0 saturated heterocycles. The Morgan fingerprint density at radius 3 is 2.72 bits per heavy atom. The molecule has 0 bridgehead atoms. The van der Waals surface area contributed by atoms with Crippen molar-refractivity contribution in [2.24, 2.45) is 0 Å². The molecule has 7 nitrogen and oxygen atoms in total. The van der Waals surface area contributed by atoms with Crippen molar-refractivity contribution in [3.8, 4) is 0 Å². The molecule has 96 valence electrons. The molecule has 0 spiro atoms. The third-order valence-electron chi connectivity index (χ3n) is 1.87. The van der Waals surface area contributed by atoms with Crippen LogP contribution in [0.5, 0.6) is 0 Å². The molecule has 1 aromatic heterocycles. The van der Waals surface area contributed by atoms with Crippen molar-refractivity contribution in [2.75, 3.05) is 0 Å². The summed E-state index contributed by atoms with van der Waals surface area (Å²) in [6.45, 7) is 2.07. The summed E-state index contributed by atoms with van der Waals surface area (Å²) in [5.74, 6) is -2.05. The van der Waals surface area contributed by atoms with Crippen LogP contribution in [-0.2, 0) is 16.1 Å². The lowest BCUT2D eigenvalue weighted by Crippen LogP contribution is -2.38. The van der Waals surface area contributed by atoms with Crippen molar-refractivity contribution in [3.05, 3.63) is 28.2 Å². The summed E-state index contributed by atoms with van der Waals surface area (Å²) in [6.07, 6.45) is 1.41. The quantitative estimate of drug-likeness (QED) is 0.686. The van der Waals surface area contributed by atoms with Gasteiger partial charge in [0.2, 0.25) is 0 Å². The highest BCUT2D eigenvalue weighted by Gasteiger charge is 2.06. The summed E-state index contributed by atoms with van der Waals surface area (Å²) in [7, 11) is 0. The molecule has 0 atom stereocenters. The molecule has 8 heteroatoms.